The molecule has 0 bridgehead atoms. The highest BCUT2D eigenvalue weighted by atomic mass is 16.1. The molecule has 13 heavy (non-hydrogen) atoms. The van der Waals surface area contributed by atoms with Crippen molar-refractivity contribution in [3.63, 3.8) is 0 Å². The smallest absolute Gasteiger partial charge is 0.325 e. The molecule has 0 aliphatic rings. The first-order valence-electron chi connectivity index (χ1n) is 3.61. The van der Waals surface area contributed by atoms with Crippen molar-refractivity contribution in [2.75, 3.05) is 0 Å². The van der Waals surface area contributed by atoms with Crippen LogP contribution in [0, 0.1) is 11.3 Å². The maximum Gasteiger partial charge on any atom is 0.325 e. The molecule has 0 unspecified atom stereocenters. The molecule has 0 fully saturated rings. The molecular formula is C7H8N4O2. The van der Waals surface area contributed by atoms with Crippen molar-refractivity contribution < 1.29 is 4.79 Å². The van der Waals surface area contributed by atoms with Crippen LogP contribution in [0.4, 0.5) is 0 Å². The number of hydrogen-bond donors (Lipinski definition) is 2. The first-order valence-corrected chi connectivity index (χ1v) is 3.61. The van der Waals surface area contributed by atoms with E-state index in [9.17, 15) is 9.59 Å². The molecule has 0 aliphatic heterocycles. The van der Waals surface area contributed by atoms with Crippen molar-refractivity contribution >= 4 is 6.41 Å². The van der Waals surface area contributed by atoms with E-state index in [4.69, 9.17) is 5.26 Å². The second-order valence-electron chi connectivity index (χ2n) is 2.38. The third-order valence-corrected chi connectivity index (χ3v) is 1.53. The molecule has 6 heteroatoms. The Kier molecular flexibility index (Phi) is 2.87. The number of H-pyrrole nitrogens is 1. The molecule has 1 heterocycles. The second kappa shape index (κ2) is 4.11. The van der Waals surface area contributed by atoms with Crippen LogP contribution in [-0.4, -0.2) is 22.0 Å². The maximum absolute atomic E-state index is 11.0. The molecule has 0 saturated heterocycles. The lowest BCUT2D eigenvalue weighted by Gasteiger charge is -2.06. The van der Waals surface area contributed by atoms with Crippen LogP contribution in [0.2, 0.25) is 0 Å². The molecule has 1 rings (SSSR count). The van der Waals surface area contributed by atoms with Gasteiger partial charge in [-0.15, -0.1) is 0 Å². The largest absolute Gasteiger partial charge is 0.341 e. The standard InChI is InChI=1S/C7H8N4O2/c8-3-6(10-5-12)4-11-2-1-9-7(11)13/h1-2,5-6H,4H2,(H,9,13)(H,10,12)/t6-/m1/s1. The molecule has 0 aromatic carbocycles. The van der Waals surface area contributed by atoms with Crippen LogP contribution < -0.4 is 11.0 Å². The van der Waals surface area contributed by atoms with Gasteiger partial charge in [-0.2, -0.15) is 5.26 Å². The molecule has 1 amide bonds. The van der Waals surface area contributed by atoms with Crippen molar-refractivity contribution in [3.8, 4) is 6.07 Å². The summed E-state index contributed by atoms with van der Waals surface area (Å²) in [5.41, 5.74) is -0.298. The lowest BCUT2D eigenvalue weighted by Crippen LogP contribution is -2.33. The monoisotopic (exact) mass is 180 g/mol. The van der Waals surface area contributed by atoms with Gasteiger partial charge in [0.2, 0.25) is 6.41 Å². The minimum atomic E-state index is -0.675. The predicted octanol–water partition coefficient (Wildman–Crippen LogP) is -1.19. The Balaban J connectivity index is 2.68. The fourth-order valence-electron chi connectivity index (χ4n) is 0.903. The van der Waals surface area contributed by atoms with Gasteiger partial charge in [0.05, 0.1) is 12.6 Å². The zero-order valence-electron chi connectivity index (χ0n) is 6.73. The number of rotatable bonds is 4. The number of hydrogen-bond acceptors (Lipinski definition) is 3. The Morgan fingerprint density at radius 1 is 1.85 bits per heavy atom. The molecular weight excluding hydrogens is 172 g/mol. The number of carbonyl (C=O) groups is 1. The number of aromatic amines is 1. The Labute approximate surface area is 73.8 Å². The van der Waals surface area contributed by atoms with Crippen molar-refractivity contribution in [1.29, 1.82) is 5.26 Å². The number of nitriles is 1. The highest BCUT2D eigenvalue weighted by molar-refractivity contribution is 5.47. The Hall–Kier alpha value is -2.03. The zero-order valence-corrected chi connectivity index (χ0v) is 6.73. The van der Waals surface area contributed by atoms with Crippen molar-refractivity contribution in [2.24, 2.45) is 0 Å². The molecule has 2 N–H and O–H groups in total. The summed E-state index contributed by atoms with van der Waals surface area (Å²) >= 11 is 0. The van der Waals surface area contributed by atoms with E-state index in [1.165, 1.54) is 17.0 Å². The van der Waals surface area contributed by atoms with Gasteiger partial charge in [0.1, 0.15) is 6.04 Å². The van der Waals surface area contributed by atoms with Gasteiger partial charge in [-0.25, -0.2) is 4.79 Å². The summed E-state index contributed by atoms with van der Waals surface area (Å²) in [5.74, 6) is 0. The number of carbonyl (C=O) groups excluding carboxylic acids is 1. The van der Waals surface area contributed by atoms with E-state index in [0.29, 0.717) is 6.41 Å². The number of nitrogens with one attached hydrogen (secondary N) is 2. The van der Waals surface area contributed by atoms with Gasteiger partial charge in [-0.05, 0) is 0 Å². The summed E-state index contributed by atoms with van der Waals surface area (Å²) in [6.07, 6.45) is 3.42. The third-order valence-electron chi connectivity index (χ3n) is 1.53. The molecule has 0 radical (unpaired) electrons. The number of amides is 1. The summed E-state index contributed by atoms with van der Waals surface area (Å²) in [5, 5.41) is 10.8. The quantitative estimate of drug-likeness (QED) is 0.571. The van der Waals surface area contributed by atoms with Gasteiger partial charge >= 0.3 is 5.69 Å². The predicted molar refractivity (Wildman–Crippen MR) is 43.7 cm³/mol. The van der Waals surface area contributed by atoms with E-state index in [-0.39, 0.29) is 12.2 Å². The molecule has 0 spiro atoms. The summed E-state index contributed by atoms with van der Waals surface area (Å²) in [4.78, 5) is 23.4. The molecule has 1 aromatic heterocycles. The first-order chi connectivity index (χ1) is 6.27. The van der Waals surface area contributed by atoms with Crippen molar-refractivity contribution in [2.45, 2.75) is 12.6 Å². The summed E-state index contributed by atoms with van der Waals surface area (Å²) in [7, 11) is 0. The van der Waals surface area contributed by atoms with E-state index in [0.717, 1.165) is 0 Å². The summed E-state index contributed by atoms with van der Waals surface area (Å²) < 4.78 is 1.31. The van der Waals surface area contributed by atoms with Crippen LogP contribution in [0.5, 0.6) is 0 Å². The third kappa shape index (κ3) is 2.20. The van der Waals surface area contributed by atoms with Crippen molar-refractivity contribution in [1.82, 2.24) is 14.9 Å². The lowest BCUT2D eigenvalue weighted by molar-refractivity contribution is -0.109. The van der Waals surface area contributed by atoms with E-state index in [1.807, 2.05) is 6.07 Å². The lowest BCUT2D eigenvalue weighted by atomic mass is 10.3. The van der Waals surface area contributed by atoms with Gasteiger partial charge in [0, 0.05) is 12.4 Å². The normalized spacial score (nSPS) is 11.6. The maximum atomic E-state index is 11.0. The van der Waals surface area contributed by atoms with Gasteiger partial charge in [-0.3, -0.25) is 9.36 Å². The second-order valence-corrected chi connectivity index (χ2v) is 2.38. The van der Waals surface area contributed by atoms with Crippen LogP contribution >= 0.6 is 0 Å². The highest BCUT2D eigenvalue weighted by Crippen LogP contribution is 1.85. The number of aromatic nitrogens is 2. The molecule has 0 saturated carbocycles. The van der Waals surface area contributed by atoms with Crippen molar-refractivity contribution in [3.05, 3.63) is 22.9 Å². The van der Waals surface area contributed by atoms with Gasteiger partial charge in [0.15, 0.2) is 0 Å². The molecule has 1 atom stereocenters. The Bertz CT molecular complexity index is 372. The molecule has 6 nitrogen and oxygen atoms in total. The molecule has 68 valence electrons. The summed E-state index contributed by atoms with van der Waals surface area (Å²) in [6, 6.07) is 1.18. The van der Waals surface area contributed by atoms with E-state index in [2.05, 4.69) is 10.3 Å². The van der Waals surface area contributed by atoms with E-state index >= 15 is 0 Å². The number of nitrogens with zero attached hydrogens (tertiary/aromatic N) is 2. The SMILES string of the molecule is N#C[C@H](Cn1cc[nH]c1=O)NC=O. The minimum Gasteiger partial charge on any atom is -0.341 e. The average Bonchev–Trinajstić information content (AvgIpc) is 2.51. The van der Waals surface area contributed by atoms with Crippen LogP contribution in [0.25, 0.3) is 0 Å². The minimum absolute atomic E-state index is 0.150. The van der Waals surface area contributed by atoms with E-state index in [1.54, 1.807) is 0 Å². The Morgan fingerprint density at radius 3 is 3.08 bits per heavy atom. The van der Waals surface area contributed by atoms with Crippen LogP contribution in [-0.2, 0) is 11.3 Å². The van der Waals surface area contributed by atoms with Crippen LogP contribution in [0.3, 0.4) is 0 Å². The Morgan fingerprint density at radius 2 is 2.62 bits per heavy atom. The van der Waals surface area contributed by atoms with Crippen LogP contribution in [0.15, 0.2) is 17.2 Å². The van der Waals surface area contributed by atoms with Crippen LogP contribution in [0.1, 0.15) is 0 Å². The molecule has 0 aliphatic carbocycles. The topological polar surface area (TPSA) is 90.7 Å². The zero-order chi connectivity index (χ0) is 9.68. The fourth-order valence-corrected chi connectivity index (χ4v) is 0.903. The highest BCUT2D eigenvalue weighted by Gasteiger charge is 2.06. The van der Waals surface area contributed by atoms with Gasteiger partial charge in [0.25, 0.3) is 0 Å². The average molecular weight is 180 g/mol. The van der Waals surface area contributed by atoms with E-state index < -0.39 is 6.04 Å². The molecule has 1 aromatic rings. The fraction of sp³-hybridized carbons (Fsp3) is 0.286. The first kappa shape index (κ1) is 9.06. The number of imidazole rings is 1. The van der Waals surface area contributed by atoms with Gasteiger partial charge < -0.3 is 10.3 Å². The van der Waals surface area contributed by atoms with Gasteiger partial charge in [-0.1, -0.05) is 0 Å². The summed E-state index contributed by atoms with van der Waals surface area (Å²) in [6.45, 7) is 0.150.